The number of benzene rings is 1. The van der Waals surface area contributed by atoms with E-state index in [2.05, 4.69) is 17.2 Å². The van der Waals surface area contributed by atoms with Crippen LogP contribution in [0.5, 0.6) is 5.75 Å². The van der Waals surface area contributed by atoms with Crippen LogP contribution < -0.4 is 10.1 Å². The minimum atomic E-state index is -3.66. The summed E-state index contributed by atoms with van der Waals surface area (Å²) in [7, 11) is -2.08. The zero-order valence-corrected chi connectivity index (χ0v) is 17.9. The number of ether oxygens (including phenoxy) is 1. The number of rotatable bonds is 7. The van der Waals surface area contributed by atoms with E-state index in [4.69, 9.17) is 9.15 Å². The normalized spacial score (nSPS) is 19.7. The second-order valence-electron chi connectivity index (χ2n) is 7.72. The highest BCUT2D eigenvalue weighted by molar-refractivity contribution is 7.91. The molecule has 0 saturated heterocycles. The van der Waals surface area contributed by atoms with Gasteiger partial charge in [-0.05, 0) is 49.9 Å². The number of methoxy groups -OCH3 is 1. The fourth-order valence-corrected chi connectivity index (χ4v) is 4.93. The van der Waals surface area contributed by atoms with Crippen molar-refractivity contribution in [2.75, 3.05) is 12.9 Å². The van der Waals surface area contributed by atoms with E-state index in [0.717, 1.165) is 31.2 Å². The molecule has 1 heterocycles. The van der Waals surface area contributed by atoms with Crippen molar-refractivity contribution in [2.24, 2.45) is 5.92 Å². The van der Waals surface area contributed by atoms with Gasteiger partial charge in [0.2, 0.25) is 11.8 Å². The summed E-state index contributed by atoms with van der Waals surface area (Å²) in [6, 6.07) is 7.20. The number of sulfone groups is 1. The lowest BCUT2D eigenvalue weighted by molar-refractivity contribution is -0.119. The van der Waals surface area contributed by atoms with E-state index >= 15 is 0 Å². The molecule has 2 aromatic rings. The van der Waals surface area contributed by atoms with Crippen molar-refractivity contribution in [1.29, 1.82) is 0 Å². The fraction of sp³-hybridized carbons (Fsp3) is 0.524. The molecule has 7 nitrogen and oxygen atoms in total. The third kappa shape index (κ3) is 5.59. The van der Waals surface area contributed by atoms with Crippen LogP contribution in [0.15, 0.2) is 28.7 Å². The van der Waals surface area contributed by atoms with Gasteiger partial charge < -0.3 is 14.5 Å². The number of aromatic nitrogens is 1. The Balaban J connectivity index is 1.65. The number of nitrogens with zero attached hydrogens (tertiary/aromatic N) is 1. The van der Waals surface area contributed by atoms with Crippen molar-refractivity contribution >= 4 is 15.7 Å². The summed E-state index contributed by atoms with van der Waals surface area (Å²) in [5.74, 6) is 0.544. The van der Waals surface area contributed by atoms with Crippen molar-refractivity contribution in [3.05, 3.63) is 35.7 Å². The molecule has 0 spiro atoms. The third-order valence-corrected chi connectivity index (χ3v) is 6.81. The minimum absolute atomic E-state index is 0.0573. The van der Waals surface area contributed by atoms with Crippen molar-refractivity contribution in [1.82, 2.24) is 10.3 Å². The Hall–Kier alpha value is -2.35. The number of amides is 1. The molecule has 29 heavy (non-hydrogen) atoms. The summed E-state index contributed by atoms with van der Waals surface area (Å²) in [4.78, 5) is 16.6. The highest BCUT2D eigenvalue weighted by Crippen LogP contribution is 2.26. The van der Waals surface area contributed by atoms with E-state index in [0.29, 0.717) is 29.0 Å². The van der Waals surface area contributed by atoms with Gasteiger partial charge in [-0.25, -0.2) is 13.4 Å². The Morgan fingerprint density at radius 1 is 1.24 bits per heavy atom. The summed E-state index contributed by atoms with van der Waals surface area (Å²) in [6.07, 6.45) is 4.19. The number of hydrogen-bond donors (Lipinski definition) is 1. The van der Waals surface area contributed by atoms with Crippen LogP contribution in [0.1, 0.15) is 44.1 Å². The molecule has 1 aliphatic carbocycles. The first kappa shape index (κ1) is 21.4. The maximum atomic E-state index is 12.6. The van der Waals surface area contributed by atoms with Crippen LogP contribution in [0.2, 0.25) is 0 Å². The SMILES string of the molecule is COc1ccc(-c2nc(CS(=O)(=O)CC(=O)N[C@@H]3CCCC[C@H]3C)c(C)o2)cc1. The quantitative estimate of drug-likeness (QED) is 0.738. The van der Waals surface area contributed by atoms with Crippen molar-refractivity contribution in [3.63, 3.8) is 0 Å². The van der Waals surface area contributed by atoms with Gasteiger partial charge in [-0.2, -0.15) is 0 Å². The first-order valence-corrected chi connectivity index (χ1v) is 11.7. The maximum Gasteiger partial charge on any atom is 0.235 e. The molecular weight excluding hydrogens is 392 g/mol. The van der Waals surface area contributed by atoms with E-state index < -0.39 is 21.5 Å². The third-order valence-electron chi connectivity index (χ3n) is 5.40. The van der Waals surface area contributed by atoms with Gasteiger partial charge in [-0.1, -0.05) is 19.8 Å². The van der Waals surface area contributed by atoms with Gasteiger partial charge in [0.05, 0.1) is 18.6 Å². The standard InChI is InChI=1S/C21H28N2O5S/c1-14-6-4-5-7-18(14)22-20(24)13-29(25,26)12-19-15(2)28-21(23-19)16-8-10-17(27-3)11-9-16/h8-11,14,18H,4-7,12-13H2,1-3H3,(H,22,24)/t14-,18-/m1/s1. The number of aryl methyl sites for hydroxylation is 1. The molecule has 0 radical (unpaired) electrons. The number of oxazole rings is 1. The molecule has 8 heteroatoms. The van der Waals surface area contributed by atoms with Crippen LogP contribution in [-0.2, 0) is 20.4 Å². The predicted octanol–water partition coefficient (Wildman–Crippen LogP) is 3.27. The molecular formula is C21H28N2O5S. The Bertz CT molecular complexity index is 950. The van der Waals surface area contributed by atoms with Crippen LogP contribution in [0, 0.1) is 12.8 Å². The van der Waals surface area contributed by atoms with Gasteiger partial charge in [0.25, 0.3) is 0 Å². The van der Waals surface area contributed by atoms with Crippen LogP contribution in [0.25, 0.3) is 11.5 Å². The second-order valence-corrected chi connectivity index (χ2v) is 9.78. The lowest BCUT2D eigenvalue weighted by Crippen LogP contribution is -2.43. The monoisotopic (exact) mass is 420 g/mol. The molecule has 1 saturated carbocycles. The molecule has 3 rings (SSSR count). The number of hydrogen-bond acceptors (Lipinski definition) is 6. The van der Waals surface area contributed by atoms with Gasteiger partial charge in [-0.15, -0.1) is 0 Å². The van der Waals surface area contributed by atoms with E-state index in [9.17, 15) is 13.2 Å². The summed E-state index contributed by atoms with van der Waals surface area (Å²) < 4.78 is 35.9. The Kier molecular flexibility index (Phi) is 6.62. The number of carbonyl (C=O) groups excluding carboxylic acids is 1. The minimum Gasteiger partial charge on any atom is -0.497 e. The smallest absolute Gasteiger partial charge is 0.235 e. The molecule has 0 unspecified atom stereocenters. The summed E-state index contributed by atoms with van der Waals surface area (Å²) in [5, 5.41) is 2.89. The molecule has 1 aliphatic rings. The topological polar surface area (TPSA) is 98.5 Å². The van der Waals surface area contributed by atoms with Crippen LogP contribution in [0.4, 0.5) is 0 Å². The number of nitrogens with one attached hydrogen (secondary N) is 1. The van der Waals surface area contributed by atoms with E-state index in [1.54, 1.807) is 38.3 Å². The van der Waals surface area contributed by atoms with Crippen LogP contribution >= 0.6 is 0 Å². The zero-order chi connectivity index (χ0) is 21.0. The van der Waals surface area contributed by atoms with E-state index in [1.807, 2.05) is 0 Å². The maximum absolute atomic E-state index is 12.6. The molecule has 0 aliphatic heterocycles. The first-order chi connectivity index (χ1) is 13.8. The van der Waals surface area contributed by atoms with Gasteiger partial charge in [0.1, 0.15) is 17.3 Å². The first-order valence-electron chi connectivity index (χ1n) is 9.88. The summed E-state index contributed by atoms with van der Waals surface area (Å²) in [6.45, 7) is 3.77. The average Bonchev–Trinajstić information content (AvgIpc) is 3.03. The molecule has 1 N–H and O–H groups in total. The van der Waals surface area contributed by atoms with Gasteiger partial charge in [0, 0.05) is 11.6 Å². The van der Waals surface area contributed by atoms with Gasteiger partial charge >= 0.3 is 0 Å². The zero-order valence-electron chi connectivity index (χ0n) is 17.1. The Labute approximate surface area is 171 Å². The molecule has 2 atom stereocenters. The van der Waals surface area contributed by atoms with Crippen molar-refractivity contribution in [3.8, 4) is 17.2 Å². The second kappa shape index (κ2) is 8.98. The average molecular weight is 421 g/mol. The lowest BCUT2D eigenvalue weighted by Gasteiger charge is -2.29. The van der Waals surface area contributed by atoms with Crippen LogP contribution in [0.3, 0.4) is 0 Å². The van der Waals surface area contributed by atoms with E-state index in [1.165, 1.54) is 0 Å². The Morgan fingerprint density at radius 3 is 2.59 bits per heavy atom. The molecule has 1 amide bonds. The lowest BCUT2D eigenvalue weighted by atomic mass is 9.86. The summed E-state index contributed by atoms with van der Waals surface area (Å²) in [5.41, 5.74) is 1.05. The Morgan fingerprint density at radius 2 is 1.93 bits per heavy atom. The summed E-state index contributed by atoms with van der Waals surface area (Å²) >= 11 is 0. The predicted molar refractivity (Wildman–Crippen MR) is 110 cm³/mol. The number of carbonyl (C=O) groups is 1. The molecule has 1 fully saturated rings. The van der Waals surface area contributed by atoms with Gasteiger partial charge in [-0.3, -0.25) is 4.79 Å². The largest absolute Gasteiger partial charge is 0.497 e. The molecule has 158 valence electrons. The van der Waals surface area contributed by atoms with Crippen molar-refractivity contribution < 1.29 is 22.4 Å². The van der Waals surface area contributed by atoms with E-state index in [-0.39, 0.29) is 11.8 Å². The highest BCUT2D eigenvalue weighted by atomic mass is 32.2. The van der Waals surface area contributed by atoms with Crippen molar-refractivity contribution in [2.45, 2.75) is 51.3 Å². The highest BCUT2D eigenvalue weighted by Gasteiger charge is 2.26. The van der Waals surface area contributed by atoms with Crippen LogP contribution in [-0.4, -0.2) is 38.2 Å². The fourth-order valence-electron chi connectivity index (χ4n) is 3.66. The molecule has 1 aromatic heterocycles. The molecule has 0 bridgehead atoms. The van der Waals surface area contributed by atoms with Gasteiger partial charge in [0.15, 0.2) is 9.84 Å². The molecule has 1 aromatic carbocycles.